The van der Waals surface area contributed by atoms with Crippen molar-refractivity contribution >= 4 is 28.6 Å². The second-order valence-corrected chi connectivity index (χ2v) is 10.4. The van der Waals surface area contributed by atoms with Crippen LogP contribution in [0.4, 0.5) is 5.69 Å². The molecule has 0 saturated heterocycles. The number of aryl methyl sites for hydroxylation is 1. The van der Waals surface area contributed by atoms with Crippen molar-refractivity contribution in [3.05, 3.63) is 84.2 Å². The summed E-state index contributed by atoms with van der Waals surface area (Å²) in [5.41, 5.74) is 2.71. The fourth-order valence-corrected chi connectivity index (χ4v) is 5.89. The standard InChI is InChI=1S/C31H35N3O3/c1-2-3-16-28-33-26-18-17-24(32-29(35)22-11-7-8-12-22)20-27(26)34(28)21-31(23-13-5-4-6-14-23)19-10-9-15-25(31)30(36)37/h4-6,9-10,13-15,17-20,22,25H,2-3,7-8,11-12,16,21H2,1H3,(H,32,35)(H,36,37). The van der Waals surface area contributed by atoms with Crippen molar-refractivity contribution in [2.24, 2.45) is 11.8 Å². The first kappa shape index (κ1) is 25.0. The number of nitrogens with one attached hydrogen (secondary N) is 1. The van der Waals surface area contributed by atoms with Crippen LogP contribution < -0.4 is 5.32 Å². The summed E-state index contributed by atoms with van der Waals surface area (Å²) in [5, 5.41) is 13.4. The Bertz CT molecular complexity index is 1330. The summed E-state index contributed by atoms with van der Waals surface area (Å²) >= 11 is 0. The van der Waals surface area contributed by atoms with E-state index in [-0.39, 0.29) is 11.8 Å². The van der Waals surface area contributed by atoms with Crippen LogP contribution in [0.5, 0.6) is 0 Å². The number of benzene rings is 2. The SMILES string of the molecule is CCCCc1nc2ccc(NC(=O)C3CCCC3)cc2n1CC1(c2ccccc2)C=CC=CC1C(=O)O. The molecule has 37 heavy (non-hydrogen) atoms. The number of carbonyl (C=O) groups excluding carboxylic acids is 1. The summed E-state index contributed by atoms with van der Waals surface area (Å²) in [7, 11) is 0. The van der Waals surface area contributed by atoms with Crippen molar-refractivity contribution in [1.29, 1.82) is 0 Å². The minimum atomic E-state index is -0.853. The second kappa shape index (κ2) is 10.8. The lowest BCUT2D eigenvalue weighted by Gasteiger charge is -2.38. The van der Waals surface area contributed by atoms with Gasteiger partial charge in [0.25, 0.3) is 0 Å². The molecule has 1 heterocycles. The fraction of sp³-hybridized carbons (Fsp3) is 0.387. The van der Waals surface area contributed by atoms with Crippen LogP contribution in [0.1, 0.15) is 56.8 Å². The molecule has 2 aliphatic carbocycles. The Balaban J connectivity index is 1.60. The van der Waals surface area contributed by atoms with Gasteiger partial charge < -0.3 is 15.0 Å². The summed E-state index contributed by atoms with van der Waals surface area (Å²) in [6.45, 7) is 2.59. The number of hydrogen-bond donors (Lipinski definition) is 2. The number of amides is 1. The molecule has 1 amide bonds. The number of aliphatic carboxylic acids is 1. The molecule has 2 atom stereocenters. The van der Waals surface area contributed by atoms with Crippen molar-refractivity contribution in [2.75, 3.05) is 5.32 Å². The Labute approximate surface area is 218 Å². The molecule has 3 aromatic rings. The minimum Gasteiger partial charge on any atom is -0.481 e. The molecule has 0 spiro atoms. The van der Waals surface area contributed by atoms with Crippen LogP contribution in [-0.2, 0) is 28.0 Å². The molecule has 2 aliphatic rings. The zero-order valence-corrected chi connectivity index (χ0v) is 21.4. The van der Waals surface area contributed by atoms with Gasteiger partial charge in [0.1, 0.15) is 5.82 Å². The Hall–Kier alpha value is -3.67. The van der Waals surface area contributed by atoms with E-state index >= 15 is 0 Å². The van der Waals surface area contributed by atoms with Gasteiger partial charge in [0.2, 0.25) is 5.91 Å². The van der Waals surface area contributed by atoms with E-state index in [4.69, 9.17) is 4.98 Å². The highest BCUT2D eigenvalue weighted by Gasteiger charge is 2.43. The molecule has 2 aromatic carbocycles. The van der Waals surface area contributed by atoms with Gasteiger partial charge in [-0.15, -0.1) is 0 Å². The fourth-order valence-electron chi connectivity index (χ4n) is 5.89. The van der Waals surface area contributed by atoms with Gasteiger partial charge in [-0.25, -0.2) is 4.98 Å². The van der Waals surface area contributed by atoms with Crippen LogP contribution >= 0.6 is 0 Å². The molecular weight excluding hydrogens is 462 g/mol. The Morgan fingerprint density at radius 1 is 1.11 bits per heavy atom. The number of aromatic nitrogens is 2. The number of carbonyl (C=O) groups is 2. The Morgan fingerprint density at radius 2 is 1.89 bits per heavy atom. The van der Waals surface area contributed by atoms with Crippen molar-refractivity contribution in [1.82, 2.24) is 9.55 Å². The van der Waals surface area contributed by atoms with E-state index in [0.29, 0.717) is 6.54 Å². The predicted octanol–water partition coefficient (Wildman–Crippen LogP) is 6.27. The summed E-state index contributed by atoms with van der Waals surface area (Å²) in [4.78, 5) is 30.3. The van der Waals surface area contributed by atoms with Crippen LogP contribution in [0.3, 0.4) is 0 Å². The predicted molar refractivity (Wildman–Crippen MR) is 146 cm³/mol. The van der Waals surface area contributed by atoms with E-state index in [0.717, 1.165) is 73.1 Å². The maximum atomic E-state index is 12.8. The van der Waals surface area contributed by atoms with E-state index < -0.39 is 17.3 Å². The number of fused-ring (bicyclic) bond motifs is 1. The smallest absolute Gasteiger partial charge is 0.311 e. The van der Waals surface area contributed by atoms with Crippen LogP contribution in [0.15, 0.2) is 72.8 Å². The number of imidazole rings is 1. The first-order valence-electron chi connectivity index (χ1n) is 13.5. The molecule has 5 rings (SSSR count). The lowest BCUT2D eigenvalue weighted by Crippen LogP contribution is -2.42. The number of carboxylic acids is 1. The maximum Gasteiger partial charge on any atom is 0.311 e. The van der Waals surface area contributed by atoms with Gasteiger partial charge >= 0.3 is 5.97 Å². The van der Waals surface area contributed by atoms with E-state index in [9.17, 15) is 14.7 Å². The van der Waals surface area contributed by atoms with Gasteiger partial charge in [-0.3, -0.25) is 9.59 Å². The Morgan fingerprint density at radius 3 is 2.62 bits per heavy atom. The van der Waals surface area contributed by atoms with Gasteiger partial charge in [-0.1, -0.05) is 80.8 Å². The van der Waals surface area contributed by atoms with Crippen molar-refractivity contribution in [3.8, 4) is 0 Å². The topological polar surface area (TPSA) is 84.2 Å². The number of nitrogens with zero attached hydrogens (tertiary/aromatic N) is 2. The average Bonchev–Trinajstić information content (AvgIpc) is 3.57. The summed E-state index contributed by atoms with van der Waals surface area (Å²) in [6, 6.07) is 15.8. The summed E-state index contributed by atoms with van der Waals surface area (Å²) in [5.74, 6) is -0.465. The molecule has 2 N–H and O–H groups in total. The normalized spacial score (nSPS) is 21.5. The number of hydrogen-bond acceptors (Lipinski definition) is 3. The zero-order chi connectivity index (χ0) is 25.8. The van der Waals surface area contributed by atoms with E-state index in [2.05, 4.69) is 16.8 Å². The number of rotatable bonds is 9. The second-order valence-electron chi connectivity index (χ2n) is 10.4. The lowest BCUT2D eigenvalue weighted by molar-refractivity contribution is -0.142. The highest BCUT2D eigenvalue weighted by atomic mass is 16.4. The monoisotopic (exact) mass is 497 g/mol. The minimum absolute atomic E-state index is 0.0811. The van der Waals surface area contributed by atoms with E-state index in [1.54, 1.807) is 6.08 Å². The highest BCUT2D eigenvalue weighted by molar-refractivity contribution is 5.94. The molecule has 192 valence electrons. The van der Waals surface area contributed by atoms with Crippen molar-refractivity contribution in [3.63, 3.8) is 0 Å². The number of anilines is 1. The van der Waals surface area contributed by atoms with Crippen LogP contribution in [-0.4, -0.2) is 26.5 Å². The molecular formula is C31H35N3O3. The van der Waals surface area contributed by atoms with Gasteiger partial charge in [0.05, 0.1) is 17.0 Å². The highest BCUT2D eigenvalue weighted by Crippen LogP contribution is 2.41. The molecule has 0 radical (unpaired) electrons. The lowest BCUT2D eigenvalue weighted by atomic mass is 9.68. The van der Waals surface area contributed by atoms with E-state index in [1.807, 2.05) is 66.8 Å². The molecule has 1 fully saturated rings. The summed E-state index contributed by atoms with van der Waals surface area (Å²) in [6.07, 6.45) is 14.5. The van der Waals surface area contributed by atoms with Gasteiger partial charge in [0, 0.05) is 30.0 Å². The van der Waals surface area contributed by atoms with Crippen LogP contribution in [0, 0.1) is 11.8 Å². The van der Waals surface area contributed by atoms with Crippen LogP contribution in [0.2, 0.25) is 0 Å². The quantitative estimate of drug-likeness (QED) is 0.365. The van der Waals surface area contributed by atoms with Gasteiger partial charge in [-0.05, 0) is 43.0 Å². The third kappa shape index (κ3) is 4.97. The molecule has 1 saturated carbocycles. The number of carboxylic acid groups (broad SMARTS) is 1. The third-order valence-corrected chi connectivity index (χ3v) is 7.94. The molecule has 1 aromatic heterocycles. The molecule has 2 unspecified atom stereocenters. The largest absolute Gasteiger partial charge is 0.481 e. The average molecular weight is 498 g/mol. The van der Waals surface area contributed by atoms with E-state index in [1.165, 1.54) is 0 Å². The zero-order valence-electron chi connectivity index (χ0n) is 21.4. The molecule has 0 aliphatic heterocycles. The maximum absolute atomic E-state index is 12.8. The molecule has 0 bridgehead atoms. The first-order chi connectivity index (χ1) is 18.0. The molecule has 6 nitrogen and oxygen atoms in total. The summed E-state index contributed by atoms with van der Waals surface area (Å²) < 4.78 is 2.18. The third-order valence-electron chi connectivity index (χ3n) is 7.94. The van der Waals surface area contributed by atoms with Crippen molar-refractivity contribution < 1.29 is 14.7 Å². The van der Waals surface area contributed by atoms with Crippen LogP contribution in [0.25, 0.3) is 11.0 Å². The van der Waals surface area contributed by atoms with Gasteiger partial charge in [-0.2, -0.15) is 0 Å². The number of allylic oxidation sites excluding steroid dienone is 3. The van der Waals surface area contributed by atoms with Gasteiger partial charge in [0.15, 0.2) is 0 Å². The first-order valence-corrected chi connectivity index (χ1v) is 13.5. The van der Waals surface area contributed by atoms with Crippen molar-refractivity contribution in [2.45, 2.75) is 63.8 Å². The molecule has 6 heteroatoms. The number of unbranched alkanes of at least 4 members (excludes halogenated alkanes) is 1. The Kier molecular flexibility index (Phi) is 7.26.